The van der Waals surface area contributed by atoms with E-state index in [0.717, 1.165) is 32.0 Å². The third-order valence-electron chi connectivity index (χ3n) is 4.54. The molecule has 18 heavy (non-hydrogen) atoms. The fourth-order valence-corrected chi connectivity index (χ4v) is 3.36. The zero-order valence-electron chi connectivity index (χ0n) is 11.8. The Labute approximate surface area is 111 Å². The summed E-state index contributed by atoms with van der Waals surface area (Å²) in [6.45, 7) is 3.14. The van der Waals surface area contributed by atoms with E-state index in [4.69, 9.17) is 0 Å². The van der Waals surface area contributed by atoms with Crippen LogP contribution in [0.1, 0.15) is 51.4 Å². The summed E-state index contributed by atoms with van der Waals surface area (Å²) in [6.07, 6.45) is 9.95. The molecule has 2 aliphatic rings. The van der Waals surface area contributed by atoms with Gasteiger partial charge in [-0.15, -0.1) is 0 Å². The van der Waals surface area contributed by atoms with Gasteiger partial charge in [0.25, 0.3) is 0 Å². The first kappa shape index (κ1) is 13.9. The van der Waals surface area contributed by atoms with Gasteiger partial charge in [-0.05, 0) is 50.6 Å². The molecule has 1 amide bonds. The molecule has 1 heterocycles. The van der Waals surface area contributed by atoms with Crippen molar-refractivity contribution in [2.75, 3.05) is 26.7 Å². The van der Waals surface area contributed by atoms with E-state index in [9.17, 15) is 4.79 Å². The summed E-state index contributed by atoms with van der Waals surface area (Å²) in [5, 5.41) is 3.39. The van der Waals surface area contributed by atoms with Crippen molar-refractivity contribution in [1.82, 2.24) is 10.2 Å². The van der Waals surface area contributed by atoms with E-state index < -0.39 is 0 Å². The van der Waals surface area contributed by atoms with E-state index in [1.54, 1.807) is 0 Å². The Hall–Kier alpha value is -0.570. The summed E-state index contributed by atoms with van der Waals surface area (Å²) in [6, 6.07) is 0. The van der Waals surface area contributed by atoms with Crippen LogP contribution in [0, 0.1) is 11.8 Å². The van der Waals surface area contributed by atoms with Crippen LogP contribution in [0.15, 0.2) is 0 Å². The molecule has 0 aromatic heterocycles. The van der Waals surface area contributed by atoms with Gasteiger partial charge in [-0.25, -0.2) is 0 Å². The number of carbonyl (C=O) groups is 1. The Morgan fingerprint density at radius 3 is 2.50 bits per heavy atom. The van der Waals surface area contributed by atoms with Crippen LogP contribution in [0.25, 0.3) is 0 Å². The average molecular weight is 252 g/mol. The monoisotopic (exact) mass is 252 g/mol. The SMILES string of the molecule is CN(CC1CCCCC1)C(=O)CC1CCCNC1. The van der Waals surface area contributed by atoms with Crippen LogP contribution in [-0.4, -0.2) is 37.5 Å². The van der Waals surface area contributed by atoms with Crippen LogP contribution in [-0.2, 0) is 4.79 Å². The molecule has 1 saturated carbocycles. The Morgan fingerprint density at radius 2 is 1.83 bits per heavy atom. The second-order valence-corrected chi connectivity index (χ2v) is 6.19. The molecule has 0 bridgehead atoms. The molecule has 1 aliphatic carbocycles. The smallest absolute Gasteiger partial charge is 0.222 e. The largest absolute Gasteiger partial charge is 0.345 e. The van der Waals surface area contributed by atoms with Gasteiger partial charge in [0.15, 0.2) is 0 Å². The van der Waals surface area contributed by atoms with Crippen molar-refractivity contribution in [2.24, 2.45) is 11.8 Å². The number of hydrogen-bond acceptors (Lipinski definition) is 2. The maximum absolute atomic E-state index is 12.2. The first-order valence-electron chi connectivity index (χ1n) is 7.70. The molecule has 3 heteroatoms. The summed E-state index contributed by atoms with van der Waals surface area (Å²) in [7, 11) is 1.99. The van der Waals surface area contributed by atoms with Crippen LogP contribution in [0.4, 0.5) is 0 Å². The van der Waals surface area contributed by atoms with Gasteiger partial charge < -0.3 is 10.2 Å². The van der Waals surface area contributed by atoms with Gasteiger partial charge in [-0.2, -0.15) is 0 Å². The van der Waals surface area contributed by atoms with Crippen molar-refractivity contribution < 1.29 is 4.79 Å². The molecule has 0 aromatic carbocycles. The maximum Gasteiger partial charge on any atom is 0.222 e. The highest BCUT2D eigenvalue weighted by molar-refractivity contribution is 5.76. The van der Waals surface area contributed by atoms with E-state index in [1.165, 1.54) is 44.9 Å². The normalized spacial score (nSPS) is 25.9. The Bertz CT molecular complexity index is 255. The van der Waals surface area contributed by atoms with Gasteiger partial charge in [0.05, 0.1) is 0 Å². The lowest BCUT2D eigenvalue weighted by Crippen LogP contribution is -2.37. The van der Waals surface area contributed by atoms with Crippen molar-refractivity contribution in [2.45, 2.75) is 51.4 Å². The summed E-state index contributed by atoms with van der Waals surface area (Å²) in [5.74, 6) is 1.69. The minimum absolute atomic E-state index is 0.356. The minimum atomic E-state index is 0.356. The Kier molecular flexibility index (Phi) is 5.48. The quantitative estimate of drug-likeness (QED) is 0.833. The lowest BCUT2D eigenvalue weighted by Gasteiger charge is -2.29. The van der Waals surface area contributed by atoms with Gasteiger partial charge in [0, 0.05) is 20.0 Å². The summed E-state index contributed by atoms with van der Waals surface area (Å²) in [5.41, 5.74) is 0. The molecule has 104 valence electrons. The summed E-state index contributed by atoms with van der Waals surface area (Å²) < 4.78 is 0. The van der Waals surface area contributed by atoms with E-state index in [-0.39, 0.29) is 0 Å². The molecule has 1 unspecified atom stereocenters. The molecule has 0 radical (unpaired) electrons. The van der Waals surface area contributed by atoms with Crippen LogP contribution in [0.3, 0.4) is 0 Å². The van der Waals surface area contributed by atoms with Crippen LogP contribution in [0.2, 0.25) is 0 Å². The number of nitrogens with zero attached hydrogens (tertiary/aromatic N) is 1. The van der Waals surface area contributed by atoms with Crippen LogP contribution in [0.5, 0.6) is 0 Å². The number of nitrogens with one attached hydrogen (secondary N) is 1. The number of carbonyl (C=O) groups excluding carboxylic acids is 1. The lowest BCUT2D eigenvalue weighted by atomic mass is 9.88. The van der Waals surface area contributed by atoms with Gasteiger partial charge in [-0.3, -0.25) is 4.79 Å². The second kappa shape index (κ2) is 7.13. The predicted molar refractivity (Wildman–Crippen MR) is 74.4 cm³/mol. The molecular weight excluding hydrogens is 224 g/mol. The van der Waals surface area contributed by atoms with E-state index in [2.05, 4.69) is 5.32 Å². The predicted octanol–water partition coefficient (Wildman–Crippen LogP) is 2.41. The Morgan fingerprint density at radius 1 is 1.11 bits per heavy atom. The second-order valence-electron chi connectivity index (χ2n) is 6.19. The van der Waals surface area contributed by atoms with Crippen molar-refractivity contribution >= 4 is 5.91 Å². The van der Waals surface area contributed by atoms with Crippen LogP contribution < -0.4 is 5.32 Å². The first-order valence-corrected chi connectivity index (χ1v) is 7.70. The molecule has 1 aliphatic heterocycles. The van der Waals surface area contributed by atoms with E-state index >= 15 is 0 Å². The average Bonchev–Trinajstić information content (AvgIpc) is 2.41. The number of rotatable bonds is 4. The van der Waals surface area contributed by atoms with Crippen LogP contribution >= 0.6 is 0 Å². The zero-order valence-corrected chi connectivity index (χ0v) is 11.8. The molecule has 2 fully saturated rings. The first-order chi connectivity index (χ1) is 8.75. The number of piperidine rings is 1. The van der Waals surface area contributed by atoms with E-state index in [1.807, 2.05) is 11.9 Å². The fourth-order valence-electron chi connectivity index (χ4n) is 3.36. The van der Waals surface area contributed by atoms with Crippen molar-refractivity contribution in [3.63, 3.8) is 0 Å². The summed E-state index contributed by atoms with van der Waals surface area (Å²) in [4.78, 5) is 14.2. The van der Waals surface area contributed by atoms with E-state index in [0.29, 0.717) is 11.8 Å². The molecule has 0 spiro atoms. The maximum atomic E-state index is 12.2. The lowest BCUT2D eigenvalue weighted by molar-refractivity contribution is -0.131. The third kappa shape index (κ3) is 4.27. The van der Waals surface area contributed by atoms with Gasteiger partial charge in [0.1, 0.15) is 0 Å². The van der Waals surface area contributed by atoms with Gasteiger partial charge in [0.2, 0.25) is 5.91 Å². The Balaban J connectivity index is 1.69. The molecular formula is C15H28N2O. The summed E-state index contributed by atoms with van der Waals surface area (Å²) >= 11 is 0. The number of hydrogen-bond donors (Lipinski definition) is 1. The standard InChI is InChI=1S/C15H28N2O/c1-17(12-13-6-3-2-4-7-13)15(18)10-14-8-5-9-16-11-14/h13-14,16H,2-12H2,1H3. The zero-order chi connectivity index (χ0) is 12.8. The molecule has 1 N–H and O–H groups in total. The van der Waals surface area contributed by atoms with Gasteiger partial charge >= 0.3 is 0 Å². The molecule has 0 aromatic rings. The van der Waals surface area contributed by atoms with Gasteiger partial charge in [-0.1, -0.05) is 19.3 Å². The highest BCUT2D eigenvalue weighted by Crippen LogP contribution is 2.24. The number of amides is 1. The van der Waals surface area contributed by atoms with Crippen molar-refractivity contribution in [1.29, 1.82) is 0 Å². The minimum Gasteiger partial charge on any atom is -0.345 e. The third-order valence-corrected chi connectivity index (χ3v) is 4.54. The highest BCUT2D eigenvalue weighted by Gasteiger charge is 2.21. The molecule has 2 rings (SSSR count). The highest BCUT2D eigenvalue weighted by atomic mass is 16.2. The molecule has 1 atom stereocenters. The molecule has 1 saturated heterocycles. The van der Waals surface area contributed by atoms with Crippen molar-refractivity contribution in [3.8, 4) is 0 Å². The van der Waals surface area contributed by atoms with Crippen molar-refractivity contribution in [3.05, 3.63) is 0 Å². The molecule has 3 nitrogen and oxygen atoms in total. The topological polar surface area (TPSA) is 32.3 Å². The fraction of sp³-hybridized carbons (Fsp3) is 0.933.